The lowest BCUT2D eigenvalue weighted by Crippen LogP contribution is -2.46. The number of nitrogens with zero attached hydrogens (tertiary/aromatic N) is 5. The maximum atomic E-state index is 13.5. The van der Waals surface area contributed by atoms with Crippen LogP contribution in [0.3, 0.4) is 0 Å². The van der Waals surface area contributed by atoms with Crippen molar-refractivity contribution >= 4 is 11.4 Å². The van der Waals surface area contributed by atoms with E-state index in [0.29, 0.717) is 24.9 Å². The second-order valence-corrected chi connectivity index (χ2v) is 11.0. The van der Waals surface area contributed by atoms with Crippen molar-refractivity contribution in [3.05, 3.63) is 154 Å². The van der Waals surface area contributed by atoms with E-state index < -0.39 is 0 Å². The Kier molecular flexibility index (Phi) is 8.80. The third-order valence-electron chi connectivity index (χ3n) is 8.00. The van der Waals surface area contributed by atoms with Gasteiger partial charge in [-0.15, -0.1) is 0 Å². The van der Waals surface area contributed by atoms with Gasteiger partial charge in [-0.1, -0.05) is 60.7 Å². The molecule has 43 heavy (non-hydrogen) atoms. The average molecular weight is 572 g/mol. The fourth-order valence-corrected chi connectivity index (χ4v) is 5.67. The third kappa shape index (κ3) is 7.13. The van der Waals surface area contributed by atoms with Gasteiger partial charge in [-0.05, 0) is 72.0 Å². The molecule has 1 aliphatic rings. The molecule has 3 aromatic carbocycles. The molecule has 0 atom stereocenters. The summed E-state index contributed by atoms with van der Waals surface area (Å²) in [5, 5.41) is 15.4. The molecule has 1 saturated heterocycles. The van der Waals surface area contributed by atoms with Crippen molar-refractivity contribution in [2.45, 2.75) is 19.4 Å². The van der Waals surface area contributed by atoms with Crippen LogP contribution in [0.15, 0.2) is 127 Å². The first-order valence-corrected chi connectivity index (χ1v) is 14.9. The molecule has 218 valence electrons. The Morgan fingerprint density at radius 1 is 0.791 bits per heavy atom. The zero-order valence-corrected chi connectivity index (χ0v) is 24.3. The summed E-state index contributed by atoms with van der Waals surface area (Å²) in [5.74, 6) is 0.0534. The minimum atomic E-state index is -0.179. The summed E-state index contributed by atoms with van der Waals surface area (Å²) < 4.78 is 3.58. The molecular weight excluding hydrogens is 534 g/mol. The number of aliphatic hydroxyl groups is 1. The molecule has 3 heterocycles. The molecule has 7 nitrogen and oxygen atoms in total. The number of rotatable bonds is 10. The van der Waals surface area contributed by atoms with Crippen LogP contribution in [0.4, 0.5) is 5.69 Å². The number of pyridine rings is 1. The fourth-order valence-electron chi connectivity index (χ4n) is 5.67. The minimum absolute atomic E-state index is 0.0534. The summed E-state index contributed by atoms with van der Waals surface area (Å²) in [6, 6.07) is 32.4. The fraction of sp³-hybridized carbons (Fsp3) is 0.222. The maximum absolute atomic E-state index is 13.5. The first-order chi connectivity index (χ1) is 21.1. The molecule has 0 spiro atoms. The van der Waals surface area contributed by atoms with Crippen molar-refractivity contribution in [1.29, 1.82) is 0 Å². The lowest BCUT2D eigenvalue weighted by Gasteiger charge is -2.36. The number of piperazine rings is 1. The Hall–Kier alpha value is -4.88. The van der Waals surface area contributed by atoms with Gasteiger partial charge in [-0.25, -0.2) is 4.68 Å². The molecule has 6 rings (SSSR count). The Morgan fingerprint density at radius 3 is 2.14 bits per heavy atom. The molecule has 0 radical (unpaired) electrons. The Morgan fingerprint density at radius 2 is 1.47 bits per heavy atom. The van der Waals surface area contributed by atoms with E-state index >= 15 is 0 Å². The normalized spacial score (nSPS) is 14.2. The second-order valence-electron chi connectivity index (χ2n) is 11.0. The lowest BCUT2D eigenvalue weighted by atomic mass is 10.0. The van der Waals surface area contributed by atoms with Crippen LogP contribution >= 0.6 is 0 Å². The van der Waals surface area contributed by atoms with Crippen molar-refractivity contribution in [3.8, 4) is 5.69 Å². The van der Waals surface area contributed by atoms with Gasteiger partial charge in [0.05, 0.1) is 17.8 Å². The van der Waals surface area contributed by atoms with Gasteiger partial charge in [0.2, 0.25) is 0 Å². The first-order valence-electron chi connectivity index (χ1n) is 14.9. The molecular formula is C36H37N5O2. The summed E-state index contributed by atoms with van der Waals surface area (Å²) in [6.45, 7) is 5.08. The standard InChI is InChI=1S/C36H37N5O2/c42-35(13-7-19-38-21-23-39(24-22-38)32-14-16-33(17-15-32)41-20-8-18-37-41)34-26-31(25-29-9-3-1-4-10-29)28-40(36(34)43)27-30-11-5-2-6-12-30/h1-6,8-18,20,26,28,42H,7,19,21-25,27H2. The summed E-state index contributed by atoms with van der Waals surface area (Å²) >= 11 is 0. The summed E-state index contributed by atoms with van der Waals surface area (Å²) in [6.07, 6.45) is 8.81. The number of benzene rings is 3. The summed E-state index contributed by atoms with van der Waals surface area (Å²) in [5.41, 5.74) is 5.64. The van der Waals surface area contributed by atoms with Crippen LogP contribution in [0.5, 0.6) is 0 Å². The largest absolute Gasteiger partial charge is 0.507 e. The first kappa shape index (κ1) is 28.2. The molecule has 0 amide bonds. The van der Waals surface area contributed by atoms with Crippen LogP contribution in [0.25, 0.3) is 11.4 Å². The monoisotopic (exact) mass is 571 g/mol. The average Bonchev–Trinajstić information content (AvgIpc) is 3.59. The van der Waals surface area contributed by atoms with Gasteiger partial charge in [-0.2, -0.15) is 5.10 Å². The highest BCUT2D eigenvalue weighted by molar-refractivity contribution is 5.58. The summed E-state index contributed by atoms with van der Waals surface area (Å²) in [4.78, 5) is 18.3. The topological polar surface area (TPSA) is 66.5 Å². The third-order valence-corrected chi connectivity index (χ3v) is 8.00. The highest BCUT2D eigenvalue weighted by Gasteiger charge is 2.17. The van der Waals surface area contributed by atoms with Crippen LogP contribution in [-0.2, 0) is 13.0 Å². The minimum Gasteiger partial charge on any atom is -0.507 e. The molecule has 0 bridgehead atoms. The Labute approximate surface area is 252 Å². The smallest absolute Gasteiger partial charge is 0.261 e. The zero-order chi connectivity index (χ0) is 29.4. The van der Waals surface area contributed by atoms with Crippen molar-refractivity contribution in [2.75, 3.05) is 37.6 Å². The molecule has 1 N–H and O–H groups in total. The number of hydrogen-bond acceptors (Lipinski definition) is 5. The molecule has 7 heteroatoms. The predicted octanol–water partition coefficient (Wildman–Crippen LogP) is 5.78. The van der Waals surface area contributed by atoms with Crippen LogP contribution in [0.1, 0.15) is 28.7 Å². The van der Waals surface area contributed by atoms with Gasteiger partial charge in [0.25, 0.3) is 5.56 Å². The van der Waals surface area contributed by atoms with E-state index in [9.17, 15) is 9.90 Å². The molecule has 1 aliphatic heterocycles. The second kappa shape index (κ2) is 13.4. The molecule has 2 aromatic heterocycles. The number of hydrogen-bond donors (Lipinski definition) is 1. The maximum Gasteiger partial charge on any atom is 0.261 e. The quantitative estimate of drug-likeness (QED) is 0.215. The van der Waals surface area contributed by atoms with Gasteiger partial charge in [0.1, 0.15) is 5.76 Å². The van der Waals surface area contributed by atoms with Gasteiger partial charge in [0, 0.05) is 57.0 Å². The highest BCUT2D eigenvalue weighted by Crippen LogP contribution is 2.20. The summed E-state index contributed by atoms with van der Waals surface area (Å²) in [7, 11) is 0. The molecule has 0 saturated carbocycles. The lowest BCUT2D eigenvalue weighted by molar-refractivity contribution is 0.262. The van der Waals surface area contributed by atoms with Crippen molar-refractivity contribution in [3.63, 3.8) is 0 Å². The van der Waals surface area contributed by atoms with Crippen LogP contribution in [0.2, 0.25) is 0 Å². The van der Waals surface area contributed by atoms with E-state index in [1.807, 2.05) is 77.7 Å². The van der Waals surface area contributed by atoms with Gasteiger partial charge in [0.15, 0.2) is 0 Å². The van der Waals surface area contributed by atoms with E-state index in [0.717, 1.165) is 55.1 Å². The van der Waals surface area contributed by atoms with Gasteiger partial charge in [-0.3, -0.25) is 9.69 Å². The molecule has 1 fully saturated rings. The van der Waals surface area contributed by atoms with Crippen LogP contribution in [0, 0.1) is 0 Å². The molecule has 0 aliphatic carbocycles. The van der Waals surface area contributed by atoms with Crippen molar-refractivity contribution in [1.82, 2.24) is 19.2 Å². The Balaban J connectivity index is 1.10. The highest BCUT2D eigenvalue weighted by atomic mass is 16.3. The van der Waals surface area contributed by atoms with E-state index in [1.165, 1.54) is 5.69 Å². The van der Waals surface area contributed by atoms with Gasteiger partial charge < -0.3 is 14.6 Å². The number of aliphatic hydroxyl groups excluding tert-OH is 1. The number of aromatic nitrogens is 3. The van der Waals surface area contributed by atoms with E-state index in [1.54, 1.807) is 16.8 Å². The zero-order valence-electron chi connectivity index (χ0n) is 24.3. The molecule has 0 unspecified atom stereocenters. The van der Waals surface area contributed by atoms with E-state index in [4.69, 9.17) is 0 Å². The number of anilines is 1. The van der Waals surface area contributed by atoms with Crippen molar-refractivity contribution < 1.29 is 5.11 Å². The van der Waals surface area contributed by atoms with Crippen LogP contribution in [-0.4, -0.2) is 57.1 Å². The van der Waals surface area contributed by atoms with Crippen LogP contribution < -0.4 is 10.5 Å². The van der Waals surface area contributed by atoms with Gasteiger partial charge >= 0.3 is 0 Å². The van der Waals surface area contributed by atoms with E-state index in [-0.39, 0.29) is 11.3 Å². The van der Waals surface area contributed by atoms with E-state index in [2.05, 4.69) is 51.3 Å². The SMILES string of the molecule is O=c1c(C(O)=CCCN2CCN(c3ccc(-n4cccn4)cc3)CC2)cc(Cc2ccccc2)cn1Cc1ccccc1. The Bertz CT molecular complexity index is 1690. The van der Waals surface area contributed by atoms with Crippen molar-refractivity contribution in [2.24, 2.45) is 0 Å². The predicted molar refractivity (Wildman–Crippen MR) is 173 cm³/mol. The molecule has 5 aromatic rings.